The molecule has 0 unspecified atom stereocenters. The van der Waals surface area contributed by atoms with Gasteiger partial charge in [-0.3, -0.25) is 0 Å². The largest absolute Gasteiger partial charge is 2.00 e. The van der Waals surface area contributed by atoms with Gasteiger partial charge in [-0.25, -0.2) is 0 Å². The molecule has 0 atom stereocenters. The first-order chi connectivity index (χ1) is 16.8. The number of hydrogen-bond donors (Lipinski definition) is 0. The van der Waals surface area contributed by atoms with Gasteiger partial charge in [-0.1, -0.05) is 36.4 Å². The minimum Gasteiger partial charge on any atom is -0.516 e. The molecule has 0 amide bonds. The summed E-state index contributed by atoms with van der Waals surface area (Å²) in [5.41, 5.74) is 2.26. The number of benzene rings is 4. The van der Waals surface area contributed by atoms with E-state index < -0.39 is 0 Å². The minimum absolute atomic E-state index is 0. The van der Waals surface area contributed by atoms with E-state index in [-0.39, 0.29) is 20.4 Å². The van der Waals surface area contributed by atoms with Crippen molar-refractivity contribution in [3.05, 3.63) is 108 Å². The Bertz CT molecular complexity index is 1130. The molecule has 0 saturated heterocycles. The molecular formula is C28H22O4PdS2. The Kier molecular flexibility index (Phi) is 9.44. The summed E-state index contributed by atoms with van der Waals surface area (Å²) in [5, 5.41) is 0. The molecule has 180 valence electrons. The zero-order chi connectivity index (χ0) is 23.0. The van der Waals surface area contributed by atoms with Crippen molar-refractivity contribution in [2.75, 3.05) is 13.6 Å². The summed E-state index contributed by atoms with van der Waals surface area (Å²) in [6.07, 6.45) is 0. The van der Waals surface area contributed by atoms with Crippen LogP contribution in [-0.4, -0.2) is 13.6 Å². The Labute approximate surface area is 228 Å². The zero-order valence-electron chi connectivity index (χ0n) is 18.7. The first-order valence-electron chi connectivity index (χ1n) is 10.8. The fraction of sp³-hybridized carbons (Fsp3) is 0.143. The molecule has 7 heteroatoms. The maximum absolute atomic E-state index is 5.34. The monoisotopic (exact) mass is 592 g/mol. The molecule has 4 aromatic carbocycles. The first kappa shape index (κ1) is 25.5. The Balaban J connectivity index is 0.000000160. The van der Waals surface area contributed by atoms with Crippen molar-refractivity contribution >= 4 is 23.5 Å². The summed E-state index contributed by atoms with van der Waals surface area (Å²) in [7, 11) is 0. The summed E-state index contributed by atoms with van der Waals surface area (Å²) < 4.78 is 21.2. The van der Waals surface area contributed by atoms with Crippen molar-refractivity contribution < 1.29 is 39.4 Å². The second-order valence-electron chi connectivity index (χ2n) is 7.39. The van der Waals surface area contributed by atoms with Crippen LogP contribution in [0.4, 0.5) is 0 Å². The topological polar surface area (TPSA) is 36.9 Å². The number of hydrogen-bond acceptors (Lipinski definition) is 6. The van der Waals surface area contributed by atoms with E-state index in [1.165, 1.54) is 9.79 Å². The van der Waals surface area contributed by atoms with Gasteiger partial charge in [0.1, 0.15) is 0 Å². The van der Waals surface area contributed by atoms with Gasteiger partial charge in [-0.2, -0.15) is 12.1 Å². The Morgan fingerprint density at radius 2 is 0.971 bits per heavy atom. The summed E-state index contributed by atoms with van der Waals surface area (Å²) in [5.74, 6) is 5.01. The maximum Gasteiger partial charge on any atom is 2.00 e. The van der Waals surface area contributed by atoms with E-state index in [1.807, 2.05) is 60.7 Å². The van der Waals surface area contributed by atoms with Crippen LogP contribution in [0.15, 0.2) is 94.7 Å². The summed E-state index contributed by atoms with van der Waals surface area (Å²) in [6, 6.07) is 34.8. The van der Waals surface area contributed by atoms with Crippen LogP contribution in [0.5, 0.6) is 23.0 Å². The van der Waals surface area contributed by atoms with E-state index in [9.17, 15) is 0 Å². The second-order valence-corrected chi connectivity index (χ2v) is 9.49. The van der Waals surface area contributed by atoms with Crippen molar-refractivity contribution in [3.8, 4) is 23.0 Å². The standard InChI is InChI=1S/2C14H11O2S.Pd/c2*1-2-4-12(5-3-1)17-9-11-6-7-13-14(8-11)16-10-15-13;/h2*1-5,7-8H,9-10H2;/q2*-1;+2. The SMILES string of the molecule is [Pd+2].[c-]1cc2c(cc1CSc1ccccc1)OCO2.[c-]1cc2c(cc1CSc1ccccc1)OCO2. The van der Waals surface area contributed by atoms with Crippen molar-refractivity contribution in [3.63, 3.8) is 0 Å². The molecule has 4 aromatic rings. The Hall–Kier alpha value is -2.56. The molecule has 6 rings (SSSR count). The summed E-state index contributed by atoms with van der Waals surface area (Å²) in [6.45, 7) is 0.636. The molecule has 0 radical (unpaired) electrons. The van der Waals surface area contributed by atoms with Crippen LogP contribution in [0.2, 0.25) is 0 Å². The van der Waals surface area contributed by atoms with Gasteiger partial charge in [0.15, 0.2) is 0 Å². The predicted molar refractivity (Wildman–Crippen MR) is 135 cm³/mol. The van der Waals surface area contributed by atoms with Gasteiger partial charge in [0.2, 0.25) is 13.6 Å². The van der Waals surface area contributed by atoms with E-state index in [0.717, 1.165) is 45.6 Å². The molecule has 0 N–H and O–H groups in total. The second kappa shape index (κ2) is 12.9. The van der Waals surface area contributed by atoms with Crippen LogP contribution in [-0.2, 0) is 31.9 Å². The van der Waals surface area contributed by atoms with Crippen molar-refractivity contribution in [2.45, 2.75) is 21.3 Å². The normalized spacial score (nSPS) is 12.3. The third-order valence-electron chi connectivity index (χ3n) is 5.01. The number of fused-ring (bicyclic) bond motifs is 2. The molecule has 2 aliphatic rings. The van der Waals surface area contributed by atoms with Crippen LogP contribution in [0.3, 0.4) is 0 Å². The molecule has 0 aromatic heterocycles. The van der Waals surface area contributed by atoms with Crippen molar-refractivity contribution in [1.29, 1.82) is 0 Å². The van der Waals surface area contributed by atoms with E-state index in [4.69, 9.17) is 18.9 Å². The molecule has 0 fully saturated rings. The number of thioether (sulfide) groups is 2. The molecule has 0 aliphatic carbocycles. The van der Waals surface area contributed by atoms with Crippen molar-refractivity contribution in [1.82, 2.24) is 0 Å². The van der Waals surface area contributed by atoms with Gasteiger partial charge in [0.25, 0.3) is 0 Å². The first-order valence-corrected chi connectivity index (χ1v) is 12.8. The van der Waals surface area contributed by atoms with Crippen LogP contribution >= 0.6 is 23.5 Å². The molecule has 35 heavy (non-hydrogen) atoms. The van der Waals surface area contributed by atoms with Gasteiger partial charge in [-0.15, -0.1) is 58.9 Å². The van der Waals surface area contributed by atoms with Gasteiger partial charge in [0.05, 0.1) is 23.0 Å². The van der Waals surface area contributed by atoms with E-state index >= 15 is 0 Å². The van der Waals surface area contributed by atoms with Crippen LogP contribution in [0.25, 0.3) is 0 Å². The zero-order valence-corrected chi connectivity index (χ0v) is 21.9. The number of rotatable bonds is 6. The van der Waals surface area contributed by atoms with Crippen molar-refractivity contribution in [2.24, 2.45) is 0 Å². The van der Waals surface area contributed by atoms with Crippen LogP contribution < -0.4 is 18.9 Å². The Morgan fingerprint density at radius 3 is 1.40 bits per heavy atom. The molecule has 0 saturated carbocycles. The summed E-state index contributed by atoms with van der Waals surface area (Å²) >= 11 is 3.58. The molecule has 2 aliphatic heterocycles. The molecule has 4 nitrogen and oxygen atoms in total. The third kappa shape index (κ3) is 7.22. The minimum atomic E-state index is 0. The quantitative estimate of drug-likeness (QED) is 0.136. The predicted octanol–water partition coefficient (Wildman–Crippen LogP) is 7.01. The van der Waals surface area contributed by atoms with Gasteiger partial charge < -0.3 is 18.9 Å². The molecule has 0 spiro atoms. The van der Waals surface area contributed by atoms with E-state index in [0.29, 0.717) is 13.6 Å². The van der Waals surface area contributed by atoms with E-state index in [2.05, 4.69) is 36.4 Å². The van der Waals surface area contributed by atoms with Gasteiger partial charge >= 0.3 is 20.4 Å². The molecule has 0 bridgehead atoms. The molecular weight excluding hydrogens is 571 g/mol. The van der Waals surface area contributed by atoms with E-state index in [1.54, 1.807) is 23.5 Å². The Morgan fingerprint density at radius 1 is 0.571 bits per heavy atom. The smallest absolute Gasteiger partial charge is 0.516 e. The number of ether oxygens (including phenoxy) is 4. The van der Waals surface area contributed by atoms with Crippen LogP contribution in [0.1, 0.15) is 11.1 Å². The average Bonchev–Trinajstić information content (AvgIpc) is 3.56. The summed E-state index contributed by atoms with van der Waals surface area (Å²) in [4.78, 5) is 2.53. The third-order valence-corrected chi connectivity index (χ3v) is 7.13. The fourth-order valence-electron chi connectivity index (χ4n) is 3.29. The van der Waals surface area contributed by atoms with Gasteiger partial charge in [0, 0.05) is 21.3 Å². The maximum atomic E-state index is 5.34. The fourth-order valence-corrected chi connectivity index (χ4v) is 4.96. The van der Waals surface area contributed by atoms with Gasteiger partial charge in [-0.05, 0) is 24.3 Å². The van der Waals surface area contributed by atoms with Crippen LogP contribution in [0, 0.1) is 12.1 Å². The average molecular weight is 593 g/mol. The molecule has 2 heterocycles.